The van der Waals surface area contributed by atoms with Crippen LogP contribution in [-0.4, -0.2) is 27.7 Å². The van der Waals surface area contributed by atoms with Crippen molar-refractivity contribution in [3.8, 4) is 11.8 Å². The number of carbonyl (C=O) groups excluding carboxylic acids is 1. The lowest BCUT2D eigenvalue weighted by Crippen LogP contribution is -2.22. The zero-order chi connectivity index (χ0) is 15.2. The van der Waals surface area contributed by atoms with Crippen LogP contribution in [0.4, 0.5) is 5.95 Å². The summed E-state index contributed by atoms with van der Waals surface area (Å²) in [7, 11) is 0. The predicted molar refractivity (Wildman–Crippen MR) is 74.6 cm³/mol. The highest BCUT2D eigenvalue weighted by molar-refractivity contribution is 5.90. The third-order valence-electron chi connectivity index (χ3n) is 2.71. The number of anilines is 1. The summed E-state index contributed by atoms with van der Waals surface area (Å²) >= 11 is 0. The van der Waals surface area contributed by atoms with Crippen molar-refractivity contribution in [3.63, 3.8) is 0 Å². The zero-order valence-electron chi connectivity index (χ0n) is 11.6. The maximum atomic E-state index is 11.8. The Morgan fingerprint density at radius 3 is 2.76 bits per heavy atom. The molecular formula is C14H13N5O2. The Bertz CT molecular complexity index is 709. The molecule has 1 aromatic carbocycles. The van der Waals surface area contributed by atoms with Gasteiger partial charge in [-0.3, -0.25) is 10.1 Å². The third kappa shape index (κ3) is 3.73. The second-order valence-electron chi connectivity index (χ2n) is 4.25. The Labute approximate surface area is 121 Å². The van der Waals surface area contributed by atoms with E-state index < -0.39 is 5.91 Å². The summed E-state index contributed by atoms with van der Waals surface area (Å²) in [5.41, 5.74) is 1.76. The van der Waals surface area contributed by atoms with Gasteiger partial charge < -0.3 is 4.74 Å². The van der Waals surface area contributed by atoms with Gasteiger partial charge in [-0.1, -0.05) is 12.1 Å². The number of nitrogens with zero attached hydrogens (tertiary/aromatic N) is 4. The van der Waals surface area contributed by atoms with Gasteiger partial charge in [0.05, 0.1) is 17.0 Å². The van der Waals surface area contributed by atoms with Gasteiger partial charge in [0.25, 0.3) is 5.91 Å². The van der Waals surface area contributed by atoms with Crippen LogP contribution in [0, 0.1) is 25.2 Å². The molecule has 1 N–H and O–H groups in total. The minimum atomic E-state index is -0.423. The smallest absolute Gasteiger partial charge is 0.264 e. The van der Waals surface area contributed by atoms with Gasteiger partial charge in [-0.25, -0.2) is 4.98 Å². The number of hydrogen-bond acceptors (Lipinski definition) is 6. The van der Waals surface area contributed by atoms with Gasteiger partial charge in [0.2, 0.25) is 5.95 Å². The van der Waals surface area contributed by atoms with E-state index in [2.05, 4.69) is 20.5 Å². The van der Waals surface area contributed by atoms with Crippen molar-refractivity contribution in [1.82, 2.24) is 15.2 Å². The molecule has 1 aromatic heterocycles. The molecule has 0 spiro atoms. The molecule has 0 fully saturated rings. The van der Waals surface area contributed by atoms with Crippen LogP contribution < -0.4 is 10.1 Å². The SMILES string of the molecule is Cc1nnc(NC(=O)COc2ccccc2C#N)nc1C. The van der Waals surface area contributed by atoms with Crippen LogP contribution in [0.5, 0.6) is 5.75 Å². The first-order chi connectivity index (χ1) is 10.1. The van der Waals surface area contributed by atoms with Gasteiger partial charge in [-0.2, -0.15) is 10.4 Å². The van der Waals surface area contributed by atoms with Crippen molar-refractivity contribution in [2.24, 2.45) is 0 Å². The Morgan fingerprint density at radius 1 is 1.29 bits per heavy atom. The zero-order valence-corrected chi connectivity index (χ0v) is 11.6. The molecule has 0 bridgehead atoms. The van der Waals surface area contributed by atoms with Crippen LogP contribution in [0.15, 0.2) is 24.3 Å². The lowest BCUT2D eigenvalue weighted by Gasteiger charge is -2.07. The van der Waals surface area contributed by atoms with Crippen LogP contribution in [-0.2, 0) is 4.79 Å². The number of hydrogen-bond donors (Lipinski definition) is 1. The number of aryl methyl sites for hydroxylation is 2. The number of amides is 1. The molecule has 7 nitrogen and oxygen atoms in total. The average molecular weight is 283 g/mol. The molecule has 2 aromatic rings. The van der Waals surface area contributed by atoms with Gasteiger partial charge in [0, 0.05) is 0 Å². The second kappa shape index (κ2) is 6.43. The molecule has 106 valence electrons. The van der Waals surface area contributed by atoms with Crippen molar-refractivity contribution in [3.05, 3.63) is 41.2 Å². The highest BCUT2D eigenvalue weighted by atomic mass is 16.5. The number of carbonyl (C=O) groups is 1. The Kier molecular flexibility index (Phi) is 4.41. The van der Waals surface area contributed by atoms with E-state index in [9.17, 15) is 4.79 Å². The van der Waals surface area contributed by atoms with E-state index in [-0.39, 0.29) is 12.6 Å². The van der Waals surface area contributed by atoms with Crippen molar-refractivity contribution in [2.75, 3.05) is 11.9 Å². The number of rotatable bonds is 4. The molecule has 0 saturated carbocycles. The van der Waals surface area contributed by atoms with E-state index in [1.165, 1.54) is 0 Å². The Morgan fingerprint density at radius 2 is 2.05 bits per heavy atom. The molecule has 0 aliphatic heterocycles. The first-order valence-corrected chi connectivity index (χ1v) is 6.20. The van der Waals surface area contributed by atoms with Crippen molar-refractivity contribution in [2.45, 2.75) is 13.8 Å². The van der Waals surface area contributed by atoms with Crippen LogP contribution >= 0.6 is 0 Å². The minimum Gasteiger partial charge on any atom is -0.482 e. The van der Waals surface area contributed by atoms with E-state index >= 15 is 0 Å². The fourth-order valence-electron chi connectivity index (χ4n) is 1.50. The standard InChI is InChI=1S/C14H13N5O2/c1-9-10(2)18-19-14(16-9)17-13(20)8-21-12-6-4-3-5-11(12)7-15/h3-6H,8H2,1-2H3,(H,16,17,19,20). The Balaban J connectivity index is 1.96. The highest BCUT2D eigenvalue weighted by Gasteiger charge is 2.09. The van der Waals surface area contributed by atoms with E-state index in [1.54, 1.807) is 38.1 Å². The first kappa shape index (κ1) is 14.4. The molecule has 0 aliphatic rings. The molecule has 1 amide bonds. The molecule has 7 heteroatoms. The summed E-state index contributed by atoms with van der Waals surface area (Å²) in [4.78, 5) is 15.8. The van der Waals surface area contributed by atoms with Gasteiger partial charge in [-0.05, 0) is 26.0 Å². The largest absolute Gasteiger partial charge is 0.482 e. The average Bonchev–Trinajstić information content (AvgIpc) is 2.49. The van der Waals surface area contributed by atoms with Gasteiger partial charge in [-0.15, -0.1) is 5.10 Å². The Hall–Kier alpha value is -3.01. The van der Waals surface area contributed by atoms with Crippen LogP contribution in [0.3, 0.4) is 0 Å². The quantitative estimate of drug-likeness (QED) is 0.909. The molecule has 0 atom stereocenters. The van der Waals surface area contributed by atoms with E-state index in [0.717, 1.165) is 0 Å². The van der Waals surface area contributed by atoms with Crippen LogP contribution in [0.1, 0.15) is 17.0 Å². The summed E-state index contributed by atoms with van der Waals surface area (Å²) in [6.45, 7) is 3.32. The lowest BCUT2D eigenvalue weighted by atomic mass is 10.2. The highest BCUT2D eigenvalue weighted by Crippen LogP contribution is 2.16. The van der Waals surface area contributed by atoms with Gasteiger partial charge in [0.15, 0.2) is 6.61 Å². The van der Waals surface area contributed by atoms with Gasteiger partial charge in [0.1, 0.15) is 11.8 Å². The molecule has 0 saturated heterocycles. The van der Waals surface area contributed by atoms with Crippen molar-refractivity contribution >= 4 is 11.9 Å². The summed E-state index contributed by atoms with van der Waals surface area (Å²) in [5.74, 6) is 0.0577. The molecule has 21 heavy (non-hydrogen) atoms. The molecule has 0 aliphatic carbocycles. The number of nitriles is 1. The number of ether oxygens (including phenoxy) is 1. The number of aromatic nitrogens is 3. The fourth-order valence-corrected chi connectivity index (χ4v) is 1.50. The maximum absolute atomic E-state index is 11.8. The number of para-hydroxylation sites is 1. The van der Waals surface area contributed by atoms with Crippen molar-refractivity contribution < 1.29 is 9.53 Å². The number of benzene rings is 1. The third-order valence-corrected chi connectivity index (χ3v) is 2.71. The number of nitrogens with one attached hydrogen (secondary N) is 1. The van der Waals surface area contributed by atoms with E-state index in [1.807, 2.05) is 6.07 Å². The fraction of sp³-hybridized carbons (Fsp3) is 0.214. The molecule has 1 heterocycles. The summed E-state index contributed by atoms with van der Waals surface area (Å²) in [5, 5.41) is 19.0. The van der Waals surface area contributed by atoms with Crippen LogP contribution in [0.25, 0.3) is 0 Å². The topological polar surface area (TPSA) is 101 Å². The van der Waals surface area contributed by atoms with Gasteiger partial charge >= 0.3 is 0 Å². The molecule has 0 radical (unpaired) electrons. The molecule has 2 rings (SSSR count). The van der Waals surface area contributed by atoms with E-state index in [0.29, 0.717) is 22.7 Å². The summed E-state index contributed by atoms with van der Waals surface area (Å²) < 4.78 is 5.31. The molecular weight excluding hydrogens is 270 g/mol. The van der Waals surface area contributed by atoms with E-state index in [4.69, 9.17) is 10.00 Å². The first-order valence-electron chi connectivity index (χ1n) is 6.20. The minimum absolute atomic E-state index is 0.125. The summed E-state index contributed by atoms with van der Waals surface area (Å²) in [6.07, 6.45) is 0. The predicted octanol–water partition coefficient (Wildman–Crippen LogP) is 1.38. The lowest BCUT2D eigenvalue weighted by molar-refractivity contribution is -0.118. The molecule has 0 unspecified atom stereocenters. The van der Waals surface area contributed by atoms with Crippen molar-refractivity contribution in [1.29, 1.82) is 5.26 Å². The normalized spacial score (nSPS) is 9.76. The van der Waals surface area contributed by atoms with Crippen LogP contribution in [0.2, 0.25) is 0 Å². The second-order valence-corrected chi connectivity index (χ2v) is 4.25. The summed E-state index contributed by atoms with van der Waals surface area (Å²) in [6, 6.07) is 8.68. The monoisotopic (exact) mass is 283 g/mol. The maximum Gasteiger partial charge on any atom is 0.264 e.